The van der Waals surface area contributed by atoms with Gasteiger partial charge in [0.1, 0.15) is 6.61 Å². The minimum absolute atomic E-state index is 0.0694. The Hall–Kier alpha value is -1.99. The Bertz CT molecular complexity index is 607. The molecule has 150 valence electrons. The molecule has 1 unspecified atom stereocenters. The van der Waals surface area contributed by atoms with Crippen LogP contribution in [-0.4, -0.2) is 76.1 Å². The number of hydrogen-bond acceptors (Lipinski definition) is 5. The van der Waals surface area contributed by atoms with Gasteiger partial charge in [0.05, 0.1) is 13.2 Å². The summed E-state index contributed by atoms with van der Waals surface area (Å²) < 4.78 is 17.0. The van der Waals surface area contributed by atoms with Gasteiger partial charge < -0.3 is 24.8 Å². The van der Waals surface area contributed by atoms with Crippen LogP contribution in [0.25, 0.3) is 0 Å². The van der Waals surface area contributed by atoms with Crippen LogP contribution < -0.4 is 20.1 Å². The van der Waals surface area contributed by atoms with Crippen LogP contribution in [0.15, 0.2) is 29.3 Å². The summed E-state index contributed by atoms with van der Waals surface area (Å²) >= 11 is 0. The molecular weight excluding hydrogens is 344 g/mol. The molecule has 0 saturated heterocycles. The molecule has 7 heteroatoms. The van der Waals surface area contributed by atoms with Gasteiger partial charge in [-0.2, -0.15) is 0 Å². The van der Waals surface area contributed by atoms with E-state index in [1.807, 2.05) is 24.3 Å². The zero-order valence-electron chi connectivity index (χ0n) is 16.4. The fourth-order valence-electron chi connectivity index (χ4n) is 3.13. The van der Waals surface area contributed by atoms with Crippen molar-refractivity contribution in [1.82, 2.24) is 15.5 Å². The van der Waals surface area contributed by atoms with Gasteiger partial charge in [-0.1, -0.05) is 12.1 Å². The molecule has 0 bridgehead atoms. The first-order valence-electron chi connectivity index (χ1n) is 9.93. The normalized spacial score (nSPS) is 19.2. The fourth-order valence-corrected chi connectivity index (χ4v) is 3.13. The standard InChI is InChI=1S/C20H32N4O3/c1-3-21-20(22-10-11-24(12-13-25-2)16-8-9-16)23-14-17-15-26-18-6-4-5-7-19(18)27-17/h4-7,16-17H,3,8-15H2,1-2H3,(H2,21,22,23). The van der Waals surface area contributed by atoms with Crippen molar-refractivity contribution in [3.05, 3.63) is 24.3 Å². The quantitative estimate of drug-likeness (QED) is 0.476. The molecule has 0 aromatic heterocycles. The average molecular weight is 377 g/mol. The smallest absolute Gasteiger partial charge is 0.191 e. The molecule has 2 N–H and O–H groups in total. The van der Waals surface area contributed by atoms with Crippen molar-refractivity contribution in [3.8, 4) is 11.5 Å². The van der Waals surface area contributed by atoms with Crippen LogP contribution in [0.1, 0.15) is 19.8 Å². The van der Waals surface area contributed by atoms with E-state index in [9.17, 15) is 0 Å². The SMILES string of the molecule is CCNC(=NCC1COc2ccccc2O1)NCCN(CCOC)C1CC1. The van der Waals surface area contributed by atoms with Gasteiger partial charge in [0.25, 0.3) is 0 Å². The molecule has 1 aromatic rings. The minimum Gasteiger partial charge on any atom is -0.486 e. The summed E-state index contributed by atoms with van der Waals surface area (Å²) in [7, 11) is 1.76. The van der Waals surface area contributed by atoms with Crippen LogP contribution in [0.2, 0.25) is 0 Å². The lowest BCUT2D eigenvalue weighted by Crippen LogP contribution is -2.43. The van der Waals surface area contributed by atoms with E-state index >= 15 is 0 Å². The highest BCUT2D eigenvalue weighted by Gasteiger charge is 2.28. The maximum absolute atomic E-state index is 5.98. The van der Waals surface area contributed by atoms with E-state index in [1.165, 1.54) is 12.8 Å². The monoisotopic (exact) mass is 376 g/mol. The molecule has 0 spiro atoms. The van der Waals surface area contributed by atoms with Gasteiger partial charge in [-0.05, 0) is 31.9 Å². The number of aliphatic imine (C=N–C) groups is 1. The number of methoxy groups -OCH3 is 1. The fraction of sp³-hybridized carbons (Fsp3) is 0.650. The van der Waals surface area contributed by atoms with Gasteiger partial charge in [0.15, 0.2) is 23.6 Å². The zero-order chi connectivity index (χ0) is 18.9. The Labute approximate surface area is 162 Å². The largest absolute Gasteiger partial charge is 0.486 e. The van der Waals surface area contributed by atoms with Crippen molar-refractivity contribution in [2.24, 2.45) is 4.99 Å². The summed E-state index contributed by atoms with van der Waals surface area (Å²) in [4.78, 5) is 7.17. The van der Waals surface area contributed by atoms with Gasteiger partial charge in [0.2, 0.25) is 0 Å². The van der Waals surface area contributed by atoms with E-state index < -0.39 is 0 Å². The van der Waals surface area contributed by atoms with E-state index in [1.54, 1.807) is 7.11 Å². The number of para-hydroxylation sites is 2. The molecule has 0 amide bonds. The topological polar surface area (TPSA) is 67.4 Å². The van der Waals surface area contributed by atoms with Gasteiger partial charge in [-0.25, -0.2) is 4.99 Å². The molecular formula is C20H32N4O3. The summed E-state index contributed by atoms with van der Waals surface area (Å²) in [6, 6.07) is 8.49. The first-order chi connectivity index (χ1) is 13.3. The summed E-state index contributed by atoms with van der Waals surface area (Å²) in [5.41, 5.74) is 0. The van der Waals surface area contributed by atoms with Crippen LogP contribution in [0.4, 0.5) is 0 Å². The Morgan fingerprint density at radius 2 is 2.04 bits per heavy atom. The summed E-state index contributed by atoms with van der Waals surface area (Å²) in [5.74, 6) is 2.42. The van der Waals surface area contributed by atoms with E-state index in [0.717, 1.165) is 56.3 Å². The van der Waals surface area contributed by atoms with E-state index in [2.05, 4.69) is 27.4 Å². The predicted molar refractivity (Wildman–Crippen MR) is 107 cm³/mol. The second-order valence-corrected chi connectivity index (χ2v) is 6.90. The van der Waals surface area contributed by atoms with Gasteiger partial charge >= 0.3 is 0 Å². The first-order valence-corrected chi connectivity index (χ1v) is 9.93. The molecule has 2 aliphatic rings. The molecule has 1 fully saturated rings. The predicted octanol–water partition coefficient (Wildman–Crippen LogP) is 1.49. The molecule has 7 nitrogen and oxygen atoms in total. The highest BCUT2D eigenvalue weighted by Crippen LogP contribution is 2.30. The van der Waals surface area contributed by atoms with Gasteiger partial charge in [0, 0.05) is 39.3 Å². The second kappa shape index (κ2) is 10.4. The Kier molecular flexibility index (Phi) is 7.59. The molecule has 0 radical (unpaired) electrons. The number of nitrogens with zero attached hydrogens (tertiary/aromatic N) is 2. The van der Waals surface area contributed by atoms with Crippen LogP contribution in [0.5, 0.6) is 11.5 Å². The average Bonchev–Trinajstić information content (AvgIpc) is 3.53. The molecule has 1 saturated carbocycles. The Morgan fingerprint density at radius 3 is 2.78 bits per heavy atom. The molecule has 1 atom stereocenters. The maximum Gasteiger partial charge on any atom is 0.191 e. The van der Waals surface area contributed by atoms with Crippen molar-refractivity contribution >= 4 is 5.96 Å². The lowest BCUT2D eigenvalue weighted by molar-refractivity contribution is 0.0971. The van der Waals surface area contributed by atoms with Crippen molar-refractivity contribution in [2.75, 3.05) is 53.0 Å². The van der Waals surface area contributed by atoms with Crippen molar-refractivity contribution in [3.63, 3.8) is 0 Å². The summed E-state index contributed by atoms with van der Waals surface area (Å²) in [6.45, 7) is 7.60. The summed E-state index contributed by atoms with van der Waals surface area (Å²) in [6.07, 6.45) is 2.54. The van der Waals surface area contributed by atoms with Crippen LogP contribution in [0, 0.1) is 0 Å². The van der Waals surface area contributed by atoms with Crippen molar-refractivity contribution in [2.45, 2.75) is 31.9 Å². The highest BCUT2D eigenvalue weighted by molar-refractivity contribution is 5.79. The number of guanidine groups is 1. The molecule has 1 aliphatic heterocycles. The Balaban J connectivity index is 1.45. The molecule has 3 rings (SSSR count). The number of benzene rings is 1. The number of nitrogens with one attached hydrogen (secondary N) is 2. The van der Waals surface area contributed by atoms with E-state index in [4.69, 9.17) is 14.2 Å². The zero-order valence-corrected chi connectivity index (χ0v) is 16.4. The third kappa shape index (κ3) is 6.29. The third-order valence-electron chi connectivity index (χ3n) is 4.70. The number of rotatable bonds is 10. The second-order valence-electron chi connectivity index (χ2n) is 6.90. The van der Waals surface area contributed by atoms with Crippen LogP contribution in [0.3, 0.4) is 0 Å². The van der Waals surface area contributed by atoms with Crippen molar-refractivity contribution in [1.29, 1.82) is 0 Å². The van der Waals surface area contributed by atoms with Crippen molar-refractivity contribution < 1.29 is 14.2 Å². The maximum atomic E-state index is 5.98. The molecule has 27 heavy (non-hydrogen) atoms. The number of hydrogen-bond donors (Lipinski definition) is 2. The third-order valence-corrected chi connectivity index (χ3v) is 4.70. The van der Waals surface area contributed by atoms with E-state index in [0.29, 0.717) is 13.2 Å². The van der Waals surface area contributed by atoms with Crippen LogP contribution >= 0.6 is 0 Å². The molecule has 1 aromatic carbocycles. The first kappa shape index (κ1) is 19.8. The van der Waals surface area contributed by atoms with Crippen LogP contribution in [-0.2, 0) is 4.74 Å². The molecule has 1 heterocycles. The lowest BCUT2D eigenvalue weighted by Gasteiger charge is -2.25. The molecule has 1 aliphatic carbocycles. The van der Waals surface area contributed by atoms with E-state index in [-0.39, 0.29) is 6.10 Å². The Morgan fingerprint density at radius 1 is 1.22 bits per heavy atom. The van der Waals surface area contributed by atoms with Gasteiger partial charge in [-0.15, -0.1) is 0 Å². The minimum atomic E-state index is -0.0694. The number of fused-ring (bicyclic) bond motifs is 1. The number of ether oxygens (including phenoxy) is 3. The lowest BCUT2D eigenvalue weighted by atomic mass is 10.2. The highest BCUT2D eigenvalue weighted by atomic mass is 16.6. The van der Waals surface area contributed by atoms with Gasteiger partial charge in [-0.3, -0.25) is 4.90 Å². The summed E-state index contributed by atoms with van der Waals surface area (Å²) in [5, 5.41) is 6.73.